The molecule has 6 aromatic carbocycles. The molecule has 0 fully saturated rings. The van der Waals surface area contributed by atoms with Crippen molar-refractivity contribution in [2.45, 2.75) is 187 Å². The summed E-state index contributed by atoms with van der Waals surface area (Å²) in [6.45, 7) is 19.1. The molecular formula is C72H85N3O9. The van der Waals surface area contributed by atoms with E-state index in [1.807, 2.05) is 60.7 Å². The van der Waals surface area contributed by atoms with Crippen LogP contribution in [0.25, 0.3) is 0 Å². The molecule has 3 heterocycles. The Labute approximate surface area is 497 Å². The third-order valence-electron chi connectivity index (χ3n) is 18.0. The molecule has 84 heavy (non-hydrogen) atoms. The van der Waals surface area contributed by atoms with Crippen LogP contribution in [-0.4, -0.2) is 55.2 Å². The molecule has 2 unspecified atom stereocenters. The summed E-state index contributed by atoms with van der Waals surface area (Å²) in [5, 5.41) is 22.1. The fourth-order valence-corrected chi connectivity index (χ4v) is 12.9. The van der Waals surface area contributed by atoms with Crippen LogP contribution in [0.5, 0.6) is 17.2 Å². The molecule has 0 bridgehead atoms. The maximum Gasteiger partial charge on any atom is 0.266 e. The Hall–Kier alpha value is -7.28. The maximum atomic E-state index is 13.3. The number of nitrogens with zero attached hydrogens (tertiary/aromatic N) is 3. The zero-order valence-corrected chi connectivity index (χ0v) is 51.5. The van der Waals surface area contributed by atoms with E-state index in [1.165, 1.54) is 80.2 Å². The lowest BCUT2D eigenvalue weighted by Gasteiger charge is -2.25. The van der Waals surface area contributed by atoms with Crippen molar-refractivity contribution in [3.63, 3.8) is 0 Å². The number of carbonyl (C=O) groups is 4. The number of aliphatic hydroxyl groups excluding tert-OH is 2. The first-order valence-electron chi connectivity index (χ1n) is 30.4. The van der Waals surface area contributed by atoms with Crippen LogP contribution in [0.15, 0.2) is 91.0 Å². The van der Waals surface area contributed by atoms with Crippen molar-refractivity contribution in [1.29, 1.82) is 0 Å². The van der Waals surface area contributed by atoms with Gasteiger partial charge in [-0.05, 0) is 210 Å². The van der Waals surface area contributed by atoms with Gasteiger partial charge >= 0.3 is 0 Å². The van der Waals surface area contributed by atoms with Gasteiger partial charge in [-0.2, -0.15) is 0 Å². The van der Waals surface area contributed by atoms with Crippen LogP contribution in [0, 0.1) is 0 Å². The van der Waals surface area contributed by atoms with Gasteiger partial charge in [0.25, 0.3) is 23.6 Å². The Balaban J connectivity index is 0.000000140. The zero-order valence-electron chi connectivity index (χ0n) is 51.5. The fourth-order valence-electron chi connectivity index (χ4n) is 12.9. The highest BCUT2D eigenvalue weighted by Gasteiger charge is 2.42. The van der Waals surface area contributed by atoms with E-state index in [0.717, 1.165) is 80.9 Å². The van der Waals surface area contributed by atoms with E-state index < -0.39 is 12.5 Å². The minimum atomic E-state index is -0.998. The number of carbonyl (C=O) groups excluding carboxylic acids is 4. The van der Waals surface area contributed by atoms with Gasteiger partial charge in [0.1, 0.15) is 17.2 Å². The lowest BCUT2D eigenvalue weighted by Crippen LogP contribution is -2.30. The van der Waals surface area contributed by atoms with Crippen LogP contribution in [0.3, 0.4) is 0 Å². The van der Waals surface area contributed by atoms with Crippen molar-refractivity contribution in [2.75, 3.05) is 36.0 Å². The topological polar surface area (TPSA) is 146 Å². The number of imide groups is 1. The lowest BCUT2D eigenvalue weighted by molar-refractivity contribution is 0.0914. The molecule has 3 aliphatic heterocycles. The Morgan fingerprint density at radius 2 is 0.690 bits per heavy atom. The molecule has 442 valence electrons. The van der Waals surface area contributed by atoms with Crippen molar-refractivity contribution in [3.05, 3.63) is 174 Å². The number of rotatable bonds is 6. The molecule has 2 N–H and O–H groups in total. The maximum absolute atomic E-state index is 13.3. The van der Waals surface area contributed by atoms with Crippen molar-refractivity contribution >= 4 is 40.7 Å². The molecule has 12 heteroatoms. The smallest absolute Gasteiger partial charge is 0.266 e. The van der Waals surface area contributed by atoms with Crippen LogP contribution >= 0.6 is 0 Å². The van der Waals surface area contributed by atoms with Crippen LogP contribution in [-0.2, 0) is 54.8 Å². The average Bonchev–Trinajstić information content (AvgIpc) is 3.80. The Kier molecular flexibility index (Phi) is 16.8. The quantitative estimate of drug-likeness (QED) is 0.123. The number of methoxy groups -OCH3 is 3. The number of benzene rings is 6. The van der Waals surface area contributed by atoms with E-state index in [1.54, 1.807) is 27.4 Å². The summed E-state index contributed by atoms with van der Waals surface area (Å²) in [6.07, 6.45) is 14.7. The molecule has 0 saturated carbocycles. The van der Waals surface area contributed by atoms with Gasteiger partial charge in [0.2, 0.25) is 0 Å². The first kappa shape index (κ1) is 59.9. The molecule has 2 atom stereocenters. The standard InChI is InChI=1S/2C24H29NO3.C24H27NO3/c3*1-24(2,3)17-10-11-18-19(14-17)23(27)25(22(18)26)20-12-15-8-6-5-7-9-16(15)13-21(20)28-4/h10-14,23,27H,5-9H2,1-4H3;10-14,22,26H,5-9H2,1-4H3;10-14H,5-9H2,1-4H3. The molecule has 0 saturated heterocycles. The second kappa shape index (κ2) is 23.6. The normalized spacial score (nSPS) is 18.4. The van der Waals surface area contributed by atoms with E-state index in [-0.39, 0.29) is 39.9 Å². The SMILES string of the molecule is COc1cc2c(cc1N1C(=O)c3cc(C(C)(C)C)ccc3C1O)CCCCC2.COc1cc2c(cc1N1C(=O)c3ccc(C(C)(C)C)cc3C1=O)CCCCC2.COc1cc2c(cc1N1C(=O)c3ccc(C(C)(C)C)cc3C1O)CCCCC2. The highest BCUT2D eigenvalue weighted by atomic mass is 16.5. The van der Waals surface area contributed by atoms with E-state index in [4.69, 9.17) is 14.2 Å². The minimum absolute atomic E-state index is 0.0486. The molecule has 6 aliphatic rings. The number of amides is 4. The lowest BCUT2D eigenvalue weighted by atomic mass is 9.85. The number of hydrogen-bond donors (Lipinski definition) is 2. The monoisotopic (exact) mass is 1140 g/mol. The second-order valence-electron chi connectivity index (χ2n) is 26.7. The van der Waals surface area contributed by atoms with Gasteiger partial charge in [-0.15, -0.1) is 0 Å². The predicted molar refractivity (Wildman–Crippen MR) is 333 cm³/mol. The first-order chi connectivity index (χ1) is 39.9. The molecule has 0 spiro atoms. The van der Waals surface area contributed by atoms with Crippen LogP contribution in [0.4, 0.5) is 17.1 Å². The van der Waals surface area contributed by atoms with E-state index in [9.17, 15) is 29.4 Å². The first-order valence-corrected chi connectivity index (χ1v) is 30.4. The Morgan fingerprint density at radius 3 is 1.12 bits per heavy atom. The van der Waals surface area contributed by atoms with Gasteiger partial charge in [0.05, 0.1) is 49.5 Å². The summed E-state index contributed by atoms with van der Waals surface area (Å²) in [4.78, 5) is 57.1. The van der Waals surface area contributed by atoms with Gasteiger partial charge in [0.15, 0.2) is 12.5 Å². The molecule has 0 radical (unpaired) electrons. The number of aryl methyl sites for hydroxylation is 6. The molecule has 4 amide bonds. The summed E-state index contributed by atoms with van der Waals surface area (Å²) in [6, 6.07) is 29.4. The van der Waals surface area contributed by atoms with E-state index in [2.05, 4.69) is 86.6 Å². The summed E-state index contributed by atoms with van der Waals surface area (Å²) in [5.74, 6) is 1.01. The molecule has 3 aliphatic carbocycles. The summed E-state index contributed by atoms with van der Waals surface area (Å²) >= 11 is 0. The average molecular weight is 1140 g/mol. The number of ether oxygens (including phenoxy) is 3. The summed E-state index contributed by atoms with van der Waals surface area (Å²) < 4.78 is 16.9. The molecular weight excluding hydrogens is 1050 g/mol. The number of aliphatic hydroxyl groups is 2. The molecule has 12 nitrogen and oxygen atoms in total. The van der Waals surface area contributed by atoms with Crippen molar-refractivity contribution < 1.29 is 43.6 Å². The summed E-state index contributed by atoms with van der Waals surface area (Å²) in [7, 11) is 4.84. The van der Waals surface area contributed by atoms with Crippen molar-refractivity contribution in [3.8, 4) is 17.2 Å². The summed E-state index contributed by atoms with van der Waals surface area (Å²) in [5.41, 5.74) is 16.0. The third-order valence-corrected chi connectivity index (χ3v) is 18.0. The number of anilines is 3. The Morgan fingerprint density at radius 1 is 0.357 bits per heavy atom. The largest absolute Gasteiger partial charge is 0.495 e. The van der Waals surface area contributed by atoms with Crippen LogP contribution in [0.1, 0.15) is 235 Å². The van der Waals surface area contributed by atoms with Gasteiger partial charge in [-0.3, -0.25) is 29.0 Å². The van der Waals surface area contributed by atoms with E-state index >= 15 is 0 Å². The highest BCUT2D eigenvalue weighted by Crippen LogP contribution is 2.46. The highest BCUT2D eigenvalue weighted by molar-refractivity contribution is 6.35. The van der Waals surface area contributed by atoms with Gasteiger partial charge in [-0.25, -0.2) is 4.90 Å². The van der Waals surface area contributed by atoms with Crippen molar-refractivity contribution in [2.24, 2.45) is 0 Å². The number of hydrogen-bond acceptors (Lipinski definition) is 9. The second-order valence-corrected chi connectivity index (χ2v) is 26.7. The predicted octanol–water partition coefficient (Wildman–Crippen LogP) is 14.9. The van der Waals surface area contributed by atoms with Crippen molar-refractivity contribution in [1.82, 2.24) is 0 Å². The van der Waals surface area contributed by atoms with E-state index in [0.29, 0.717) is 67.7 Å². The number of fused-ring (bicyclic) bond motifs is 6. The third kappa shape index (κ3) is 11.5. The Bertz CT molecular complexity index is 3490. The van der Waals surface area contributed by atoms with Crippen LogP contribution < -0.4 is 28.9 Å². The minimum Gasteiger partial charge on any atom is -0.495 e. The van der Waals surface area contributed by atoms with Gasteiger partial charge in [-0.1, -0.05) is 106 Å². The molecule has 0 aromatic heterocycles. The van der Waals surface area contributed by atoms with Crippen LogP contribution in [0.2, 0.25) is 0 Å². The zero-order chi connectivity index (χ0) is 60.2. The van der Waals surface area contributed by atoms with Gasteiger partial charge < -0.3 is 24.4 Å². The molecule has 6 aromatic rings. The fraction of sp³-hybridized carbons (Fsp3) is 0.444. The van der Waals surface area contributed by atoms with Gasteiger partial charge in [0, 0.05) is 22.3 Å². The molecule has 12 rings (SSSR count).